The van der Waals surface area contributed by atoms with Gasteiger partial charge in [0.15, 0.2) is 0 Å². The highest BCUT2D eigenvalue weighted by molar-refractivity contribution is 6.06. The highest BCUT2D eigenvalue weighted by Crippen LogP contribution is 2.29. The van der Waals surface area contributed by atoms with Gasteiger partial charge in [0.25, 0.3) is 11.8 Å². The number of carbonyl (C=O) groups is 2. The Balaban J connectivity index is 1.68. The average molecular weight is 437 g/mol. The second kappa shape index (κ2) is 8.70. The number of aryl methyl sites for hydroxylation is 1. The number of pyridine rings is 1. The summed E-state index contributed by atoms with van der Waals surface area (Å²) in [5, 5.41) is 4.87. The number of aromatic nitrogens is 2. The maximum Gasteiger partial charge on any atom is 0.259 e. The van der Waals surface area contributed by atoms with Crippen LogP contribution < -0.4 is 0 Å². The van der Waals surface area contributed by atoms with Crippen molar-refractivity contribution in [1.29, 1.82) is 0 Å². The number of rotatable bonds is 4. The fourth-order valence-electron chi connectivity index (χ4n) is 3.99. The lowest BCUT2D eigenvalue weighted by Crippen LogP contribution is -2.43. The van der Waals surface area contributed by atoms with Gasteiger partial charge in [0, 0.05) is 26.0 Å². The van der Waals surface area contributed by atoms with Crippen LogP contribution in [0.15, 0.2) is 34.9 Å². The van der Waals surface area contributed by atoms with E-state index in [9.17, 15) is 9.59 Å². The van der Waals surface area contributed by atoms with Crippen LogP contribution in [0.2, 0.25) is 0 Å². The van der Waals surface area contributed by atoms with Gasteiger partial charge in [-0.3, -0.25) is 9.59 Å². The number of amides is 2. The molecule has 1 saturated heterocycles. The van der Waals surface area contributed by atoms with Crippen molar-refractivity contribution < 1.29 is 18.8 Å². The fourth-order valence-corrected chi connectivity index (χ4v) is 3.99. The third kappa shape index (κ3) is 3.98. The molecule has 0 radical (unpaired) electrons. The van der Waals surface area contributed by atoms with Crippen molar-refractivity contribution in [3.63, 3.8) is 0 Å². The number of carbonyl (C=O) groups excluding carboxylic acids is 2. The minimum Gasteiger partial charge on any atom is -0.368 e. The average Bonchev–Trinajstić information content (AvgIpc) is 3.19. The minimum atomic E-state index is -0.436. The third-order valence-corrected chi connectivity index (χ3v) is 5.71. The largest absolute Gasteiger partial charge is 0.368 e. The summed E-state index contributed by atoms with van der Waals surface area (Å²) in [7, 11) is 3.45. The molecule has 32 heavy (non-hydrogen) atoms. The van der Waals surface area contributed by atoms with Gasteiger partial charge in [-0.25, -0.2) is 4.98 Å². The zero-order valence-electron chi connectivity index (χ0n) is 19.1. The standard InChI is InChI=1S/C24H28N4O4/c1-14(2)22-21(15(3)32-26-22)24(30)28-10-11-31-20(13-28)19-12-17(23(29)27(4)5)16-8-6-7-9-18(16)25-19/h6-9,12,14,20H,10-11,13H2,1-5H3/t20-/m0/s1. The van der Waals surface area contributed by atoms with Gasteiger partial charge in [-0.05, 0) is 25.0 Å². The Hall–Kier alpha value is -3.26. The molecule has 1 aromatic carbocycles. The number of benzene rings is 1. The quantitative estimate of drug-likeness (QED) is 0.621. The Bertz CT molecular complexity index is 1170. The van der Waals surface area contributed by atoms with E-state index in [1.54, 1.807) is 36.9 Å². The summed E-state index contributed by atoms with van der Waals surface area (Å²) < 4.78 is 11.3. The molecule has 2 aromatic heterocycles. The zero-order valence-corrected chi connectivity index (χ0v) is 19.1. The molecule has 8 heteroatoms. The molecule has 0 bridgehead atoms. The van der Waals surface area contributed by atoms with E-state index in [2.05, 4.69) is 5.16 Å². The van der Waals surface area contributed by atoms with E-state index in [0.717, 1.165) is 10.9 Å². The van der Waals surface area contributed by atoms with Crippen molar-refractivity contribution in [2.24, 2.45) is 0 Å². The molecule has 0 unspecified atom stereocenters. The van der Waals surface area contributed by atoms with Crippen molar-refractivity contribution in [1.82, 2.24) is 19.9 Å². The fraction of sp³-hybridized carbons (Fsp3) is 0.417. The topological polar surface area (TPSA) is 88.8 Å². The van der Waals surface area contributed by atoms with Crippen LogP contribution >= 0.6 is 0 Å². The van der Waals surface area contributed by atoms with Gasteiger partial charge >= 0.3 is 0 Å². The van der Waals surface area contributed by atoms with E-state index in [1.165, 1.54) is 0 Å². The van der Waals surface area contributed by atoms with E-state index in [1.807, 2.05) is 38.1 Å². The first-order valence-electron chi connectivity index (χ1n) is 10.8. The lowest BCUT2D eigenvalue weighted by Gasteiger charge is -2.33. The molecule has 2 amide bonds. The van der Waals surface area contributed by atoms with Crippen LogP contribution in [0.1, 0.15) is 63.7 Å². The summed E-state index contributed by atoms with van der Waals surface area (Å²) in [5.74, 6) is 0.371. The SMILES string of the molecule is Cc1onc(C(C)C)c1C(=O)N1CCO[C@H](c2cc(C(=O)N(C)C)c3ccccc3n2)C1. The molecule has 0 saturated carbocycles. The molecule has 4 rings (SSSR count). The van der Waals surface area contributed by atoms with Gasteiger partial charge in [-0.1, -0.05) is 37.2 Å². The Morgan fingerprint density at radius 1 is 1.22 bits per heavy atom. The predicted octanol–water partition coefficient (Wildman–Crippen LogP) is 3.57. The van der Waals surface area contributed by atoms with Crippen molar-refractivity contribution in [2.45, 2.75) is 32.8 Å². The summed E-state index contributed by atoms with van der Waals surface area (Å²) in [4.78, 5) is 34.2. The van der Waals surface area contributed by atoms with Crippen molar-refractivity contribution >= 4 is 22.7 Å². The van der Waals surface area contributed by atoms with E-state index < -0.39 is 6.10 Å². The van der Waals surface area contributed by atoms with Gasteiger partial charge in [-0.2, -0.15) is 0 Å². The molecule has 1 aliphatic heterocycles. The molecule has 1 fully saturated rings. The summed E-state index contributed by atoms with van der Waals surface area (Å²) >= 11 is 0. The van der Waals surface area contributed by atoms with E-state index in [-0.39, 0.29) is 17.7 Å². The van der Waals surface area contributed by atoms with Crippen molar-refractivity contribution in [3.8, 4) is 0 Å². The smallest absolute Gasteiger partial charge is 0.259 e. The highest BCUT2D eigenvalue weighted by atomic mass is 16.5. The van der Waals surface area contributed by atoms with Gasteiger partial charge in [-0.15, -0.1) is 0 Å². The molecule has 8 nitrogen and oxygen atoms in total. The summed E-state index contributed by atoms with van der Waals surface area (Å²) in [6.45, 7) is 6.91. The maximum atomic E-state index is 13.3. The monoisotopic (exact) mass is 436 g/mol. The Morgan fingerprint density at radius 3 is 2.69 bits per heavy atom. The van der Waals surface area contributed by atoms with E-state index in [0.29, 0.717) is 48.0 Å². The number of fused-ring (bicyclic) bond motifs is 1. The lowest BCUT2D eigenvalue weighted by molar-refractivity contribution is -0.0247. The Morgan fingerprint density at radius 2 is 1.97 bits per heavy atom. The molecule has 1 aliphatic rings. The number of morpholine rings is 1. The lowest BCUT2D eigenvalue weighted by atomic mass is 10.0. The zero-order chi connectivity index (χ0) is 23.0. The Kier molecular flexibility index (Phi) is 5.97. The van der Waals surface area contributed by atoms with Crippen LogP contribution in [0.4, 0.5) is 0 Å². The van der Waals surface area contributed by atoms with Gasteiger partial charge in [0.2, 0.25) is 0 Å². The molecule has 3 aromatic rings. The molecular formula is C24H28N4O4. The van der Waals surface area contributed by atoms with Crippen LogP contribution in [-0.4, -0.2) is 65.5 Å². The van der Waals surface area contributed by atoms with Crippen molar-refractivity contribution in [2.75, 3.05) is 33.8 Å². The number of nitrogens with zero attached hydrogens (tertiary/aromatic N) is 4. The van der Waals surface area contributed by atoms with E-state index >= 15 is 0 Å². The van der Waals surface area contributed by atoms with Crippen LogP contribution in [0.5, 0.6) is 0 Å². The maximum absolute atomic E-state index is 13.3. The molecule has 168 valence electrons. The highest BCUT2D eigenvalue weighted by Gasteiger charge is 2.32. The molecule has 0 aliphatic carbocycles. The van der Waals surface area contributed by atoms with Crippen LogP contribution in [0.3, 0.4) is 0 Å². The molecule has 0 N–H and O–H groups in total. The first kappa shape index (κ1) is 22.0. The van der Waals surface area contributed by atoms with Gasteiger partial charge in [0.1, 0.15) is 17.4 Å². The number of hydrogen-bond donors (Lipinski definition) is 0. The molecular weight excluding hydrogens is 408 g/mol. The summed E-state index contributed by atoms with van der Waals surface area (Å²) in [5.41, 5.74) is 3.12. The van der Waals surface area contributed by atoms with E-state index in [4.69, 9.17) is 14.2 Å². The minimum absolute atomic E-state index is 0.0741. The third-order valence-electron chi connectivity index (χ3n) is 5.71. The number of para-hydroxylation sites is 1. The van der Waals surface area contributed by atoms with Gasteiger partial charge in [0.05, 0.1) is 35.6 Å². The van der Waals surface area contributed by atoms with Crippen molar-refractivity contribution in [3.05, 3.63) is 58.6 Å². The van der Waals surface area contributed by atoms with Gasteiger partial charge < -0.3 is 19.1 Å². The van der Waals surface area contributed by atoms with Crippen LogP contribution in [-0.2, 0) is 4.74 Å². The molecule has 3 heterocycles. The second-order valence-electron chi connectivity index (χ2n) is 8.58. The summed E-state index contributed by atoms with van der Waals surface area (Å²) in [6.07, 6.45) is -0.436. The van der Waals surface area contributed by atoms with Crippen LogP contribution in [0.25, 0.3) is 10.9 Å². The second-order valence-corrected chi connectivity index (χ2v) is 8.58. The summed E-state index contributed by atoms with van der Waals surface area (Å²) in [6, 6.07) is 9.34. The normalized spacial score (nSPS) is 16.6. The predicted molar refractivity (Wildman–Crippen MR) is 120 cm³/mol. The molecule has 0 spiro atoms. The Labute approximate surface area is 187 Å². The van der Waals surface area contributed by atoms with Crippen LogP contribution in [0, 0.1) is 6.92 Å². The number of hydrogen-bond acceptors (Lipinski definition) is 6. The molecule has 1 atom stereocenters. The first-order chi connectivity index (χ1) is 15.3. The first-order valence-corrected chi connectivity index (χ1v) is 10.8. The number of ether oxygens (including phenoxy) is 1.